The molecule has 0 heterocycles. The van der Waals surface area contributed by atoms with Gasteiger partial charge in [0.05, 0.1) is 6.10 Å². The average Bonchev–Trinajstić information content (AvgIpc) is 2.86. The Hall–Kier alpha value is -0.120. The van der Waals surface area contributed by atoms with Crippen LogP contribution >= 0.6 is 0 Å². The minimum absolute atomic E-state index is 0.237. The molecule has 0 aliphatic heterocycles. The smallest absolute Gasteiger partial charge is 0.0791 e. The van der Waals surface area contributed by atoms with Crippen LogP contribution in [-0.4, -0.2) is 48.3 Å². The zero-order valence-electron chi connectivity index (χ0n) is 11.8. The van der Waals surface area contributed by atoms with Crippen LogP contribution in [0.5, 0.6) is 0 Å². The Labute approximate surface area is 107 Å². The molecule has 0 bridgehead atoms. The van der Waals surface area contributed by atoms with Crippen LogP contribution in [0.25, 0.3) is 0 Å². The molecular formula is C14H30N2O. The molecule has 17 heavy (non-hydrogen) atoms. The first-order chi connectivity index (χ1) is 8.17. The third-order valence-corrected chi connectivity index (χ3v) is 4.15. The summed E-state index contributed by atoms with van der Waals surface area (Å²) in [6.45, 7) is 10.1. The first kappa shape index (κ1) is 14.9. The molecule has 0 aromatic heterocycles. The highest BCUT2D eigenvalue weighted by Crippen LogP contribution is 2.27. The molecule has 2 unspecified atom stereocenters. The van der Waals surface area contributed by atoms with Gasteiger partial charge in [-0.05, 0) is 38.8 Å². The fourth-order valence-corrected chi connectivity index (χ4v) is 2.79. The summed E-state index contributed by atoms with van der Waals surface area (Å²) < 4.78 is 0. The van der Waals surface area contributed by atoms with Gasteiger partial charge in [0.25, 0.3) is 0 Å². The van der Waals surface area contributed by atoms with Crippen molar-refractivity contribution >= 4 is 0 Å². The van der Waals surface area contributed by atoms with Crippen molar-refractivity contribution in [1.82, 2.24) is 10.2 Å². The second-order valence-corrected chi connectivity index (χ2v) is 5.38. The molecule has 1 rings (SSSR count). The minimum Gasteiger partial charge on any atom is -0.390 e. The number of hydrogen-bond acceptors (Lipinski definition) is 3. The highest BCUT2D eigenvalue weighted by Gasteiger charge is 2.21. The van der Waals surface area contributed by atoms with Gasteiger partial charge in [0, 0.05) is 19.1 Å². The molecule has 0 amide bonds. The van der Waals surface area contributed by atoms with Crippen molar-refractivity contribution in [3.63, 3.8) is 0 Å². The largest absolute Gasteiger partial charge is 0.390 e. The third-order valence-electron chi connectivity index (χ3n) is 4.15. The predicted octanol–water partition coefficient (Wildman–Crippen LogP) is 1.86. The number of likely N-dealkylation sites (N-methyl/N-ethyl adjacent to an activating group) is 1. The molecule has 1 aliphatic rings. The fourth-order valence-electron chi connectivity index (χ4n) is 2.79. The van der Waals surface area contributed by atoms with Crippen LogP contribution in [0.3, 0.4) is 0 Å². The van der Waals surface area contributed by atoms with Gasteiger partial charge in [-0.2, -0.15) is 0 Å². The van der Waals surface area contributed by atoms with Crippen LogP contribution < -0.4 is 5.32 Å². The number of hydrogen-bond donors (Lipinski definition) is 2. The molecule has 0 radical (unpaired) electrons. The summed E-state index contributed by atoms with van der Waals surface area (Å²) in [5.41, 5.74) is 0. The van der Waals surface area contributed by atoms with E-state index in [9.17, 15) is 5.11 Å². The fraction of sp³-hybridized carbons (Fsp3) is 1.00. The van der Waals surface area contributed by atoms with Gasteiger partial charge >= 0.3 is 0 Å². The Bertz CT molecular complexity index is 189. The summed E-state index contributed by atoms with van der Waals surface area (Å²) in [5.74, 6) is 0.829. The highest BCUT2D eigenvalue weighted by atomic mass is 16.3. The van der Waals surface area contributed by atoms with Gasteiger partial charge in [-0.25, -0.2) is 0 Å². The van der Waals surface area contributed by atoms with E-state index >= 15 is 0 Å². The number of nitrogens with zero attached hydrogens (tertiary/aromatic N) is 1. The van der Waals surface area contributed by atoms with Crippen molar-refractivity contribution in [2.24, 2.45) is 5.92 Å². The van der Waals surface area contributed by atoms with Crippen LogP contribution in [0.1, 0.15) is 46.5 Å². The molecule has 102 valence electrons. The molecule has 1 fully saturated rings. The lowest BCUT2D eigenvalue weighted by Gasteiger charge is -2.25. The maximum atomic E-state index is 9.97. The van der Waals surface area contributed by atoms with E-state index in [1.807, 2.05) is 0 Å². The molecule has 1 aliphatic carbocycles. The van der Waals surface area contributed by atoms with E-state index in [4.69, 9.17) is 0 Å². The quantitative estimate of drug-likeness (QED) is 0.682. The summed E-state index contributed by atoms with van der Waals surface area (Å²) in [6.07, 6.45) is 5.26. The Kier molecular flexibility index (Phi) is 7.09. The summed E-state index contributed by atoms with van der Waals surface area (Å²) in [5, 5.41) is 13.5. The number of aliphatic hydroxyl groups is 1. The van der Waals surface area contributed by atoms with Gasteiger partial charge in [-0.3, -0.25) is 0 Å². The zero-order valence-corrected chi connectivity index (χ0v) is 11.8. The van der Waals surface area contributed by atoms with E-state index in [0.29, 0.717) is 6.04 Å². The molecule has 0 spiro atoms. The van der Waals surface area contributed by atoms with Crippen LogP contribution in [0, 0.1) is 5.92 Å². The first-order valence-corrected chi connectivity index (χ1v) is 7.31. The van der Waals surface area contributed by atoms with E-state index in [-0.39, 0.29) is 6.10 Å². The minimum atomic E-state index is -0.237. The maximum absolute atomic E-state index is 9.97. The number of aliphatic hydroxyl groups excluding tert-OH is 1. The van der Waals surface area contributed by atoms with Crippen LogP contribution in [0.4, 0.5) is 0 Å². The van der Waals surface area contributed by atoms with E-state index in [1.54, 1.807) is 0 Å². The van der Waals surface area contributed by atoms with Crippen molar-refractivity contribution in [3.05, 3.63) is 0 Å². The van der Waals surface area contributed by atoms with Gasteiger partial charge in [0.2, 0.25) is 0 Å². The van der Waals surface area contributed by atoms with Gasteiger partial charge in [-0.15, -0.1) is 0 Å². The molecule has 2 atom stereocenters. The van der Waals surface area contributed by atoms with Gasteiger partial charge in [0.1, 0.15) is 0 Å². The van der Waals surface area contributed by atoms with E-state index < -0.39 is 0 Å². The van der Waals surface area contributed by atoms with Crippen molar-refractivity contribution in [2.45, 2.75) is 58.6 Å². The molecule has 0 saturated heterocycles. The van der Waals surface area contributed by atoms with Crippen LogP contribution in [-0.2, 0) is 0 Å². The second kappa shape index (κ2) is 8.06. The average molecular weight is 242 g/mol. The molecule has 0 aromatic carbocycles. The molecule has 3 nitrogen and oxygen atoms in total. The van der Waals surface area contributed by atoms with E-state index in [2.05, 4.69) is 31.0 Å². The van der Waals surface area contributed by atoms with Crippen molar-refractivity contribution in [2.75, 3.05) is 26.2 Å². The Morgan fingerprint density at radius 3 is 2.35 bits per heavy atom. The highest BCUT2D eigenvalue weighted by molar-refractivity contribution is 4.78. The number of nitrogens with one attached hydrogen (secondary N) is 1. The Morgan fingerprint density at radius 2 is 1.82 bits per heavy atom. The molecule has 2 N–H and O–H groups in total. The zero-order chi connectivity index (χ0) is 12.7. The van der Waals surface area contributed by atoms with Crippen molar-refractivity contribution < 1.29 is 5.11 Å². The topological polar surface area (TPSA) is 35.5 Å². The maximum Gasteiger partial charge on any atom is 0.0791 e. The standard InChI is InChI=1S/C14H30N2O/c1-4-16(5-2)11-14(17)10-15-12(3)13-8-6-7-9-13/h12-15,17H,4-11H2,1-3H3. The van der Waals surface area contributed by atoms with Crippen molar-refractivity contribution in [1.29, 1.82) is 0 Å². The predicted molar refractivity (Wildman–Crippen MR) is 73.2 cm³/mol. The van der Waals surface area contributed by atoms with Crippen LogP contribution in [0.15, 0.2) is 0 Å². The molecule has 1 saturated carbocycles. The molecular weight excluding hydrogens is 212 g/mol. The van der Waals surface area contributed by atoms with Crippen molar-refractivity contribution in [3.8, 4) is 0 Å². The van der Waals surface area contributed by atoms with Gasteiger partial charge in [-0.1, -0.05) is 26.7 Å². The lowest BCUT2D eigenvalue weighted by molar-refractivity contribution is 0.112. The number of rotatable bonds is 8. The van der Waals surface area contributed by atoms with E-state index in [0.717, 1.165) is 32.1 Å². The summed E-state index contributed by atoms with van der Waals surface area (Å²) >= 11 is 0. The lowest BCUT2D eigenvalue weighted by atomic mass is 10.00. The lowest BCUT2D eigenvalue weighted by Crippen LogP contribution is -2.42. The summed E-state index contributed by atoms with van der Waals surface area (Å²) in [6, 6.07) is 0.559. The molecule has 3 heteroatoms. The Morgan fingerprint density at radius 1 is 1.24 bits per heavy atom. The van der Waals surface area contributed by atoms with Gasteiger partial charge in [0.15, 0.2) is 0 Å². The summed E-state index contributed by atoms with van der Waals surface area (Å²) in [7, 11) is 0. The Balaban J connectivity index is 2.15. The second-order valence-electron chi connectivity index (χ2n) is 5.38. The third kappa shape index (κ3) is 5.36. The summed E-state index contributed by atoms with van der Waals surface area (Å²) in [4.78, 5) is 2.27. The van der Waals surface area contributed by atoms with Crippen LogP contribution in [0.2, 0.25) is 0 Å². The normalized spacial score (nSPS) is 21.0. The van der Waals surface area contributed by atoms with E-state index in [1.165, 1.54) is 25.7 Å². The first-order valence-electron chi connectivity index (χ1n) is 7.31. The SMILES string of the molecule is CCN(CC)CC(O)CNC(C)C1CCCC1. The monoisotopic (exact) mass is 242 g/mol. The molecule has 0 aromatic rings. The van der Waals surface area contributed by atoms with Gasteiger partial charge < -0.3 is 15.3 Å².